The second kappa shape index (κ2) is 8.72. The number of benzene rings is 2. The number of ether oxygens (including phenoxy) is 6. The van der Waals surface area contributed by atoms with E-state index in [1.54, 1.807) is 40.6 Å². The highest BCUT2D eigenvalue weighted by molar-refractivity contribution is 5.62. The molecule has 0 unspecified atom stereocenters. The van der Waals surface area contributed by atoms with Gasteiger partial charge in [0, 0.05) is 18.2 Å². The molecule has 2 atom stereocenters. The topological polar surface area (TPSA) is 78.9 Å². The maximum absolute atomic E-state index is 11.2. The highest BCUT2D eigenvalue weighted by atomic mass is 16.7. The molecule has 8 nitrogen and oxygen atoms in total. The molecule has 0 aliphatic carbocycles. The van der Waals surface area contributed by atoms with Gasteiger partial charge in [0.2, 0.25) is 18.3 Å². The van der Waals surface area contributed by atoms with Gasteiger partial charge >= 0.3 is 0 Å². The van der Waals surface area contributed by atoms with Gasteiger partial charge in [-0.05, 0) is 49.2 Å². The van der Waals surface area contributed by atoms with E-state index in [1.807, 2.05) is 6.07 Å². The van der Waals surface area contributed by atoms with Gasteiger partial charge in [-0.25, -0.2) is 0 Å². The van der Waals surface area contributed by atoms with Gasteiger partial charge in [-0.3, -0.25) is 4.90 Å². The Morgan fingerprint density at radius 2 is 1.68 bits per heavy atom. The fourth-order valence-corrected chi connectivity index (χ4v) is 4.46. The third-order valence-electron chi connectivity index (χ3n) is 6.07. The lowest BCUT2D eigenvalue weighted by atomic mass is 9.87. The summed E-state index contributed by atoms with van der Waals surface area (Å²) >= 11 is 0. The molecule has 0 amide bonds. The second-order valence-electron chi connectivity index (χ2n) is 7.67. The molecule has 0 aromatic heterocycles. The summed E-state index contributed by atoms with van der Waals surface area (Å²) in [4.78, 5) is 2.23. The molecule has 168 valence electrons. The van der Waals surface area contributed by atoms with Crippen LogP contribution in [0.1, 0.15) is 35.3 Å². The van der Waals surface area contributed by atoms with Crippen molar-refractivity contribution < 1.29 is 33.5 Å². The standard InChI is InChI=1S/C23H29NO7/c1-24-7-6-13-8-19-22(31-12-30-19)23(29-5)20(13)15(24)11-16(25)14-9-17(26-2)21(28-4)18(10-14)27-3/h8-10,15-16,25H,6-7,11-12H2,1-5H3/t15-,16-/m1/s1. The molecule has 2 aliphatic heterocycles. The molecule has 0 bridgehead atoms. The molecule has 0 radical (unpaired) electrons. The predicted octanol–water partition coefficient (Wildman–Crippen LogP) is 3.10. The van der Waals surface area contributed by atoms with Crippen LogP contribution in [0.2, 0.25) is 0 Å². The van der Waals surface area contributed by atoms with Crippen molar-refractivity contribution in [1.29, 1.82) is 0 Å². The number of hydrogen-bond acceptors (Lipinski definition) is 8. The van der Waals surface area contributed by atoms with Crippen molar-refractivity contribution in [2.75, 3.05) is 48.8 Å². The van der Waals surface area contributed by atoms with Gasteiger partial charge in [0.1, 0.15) is 0 Å². The molecule has 8 heteroatoms. The molecular formula is C23H29NO7. The molecule has 0 fully saturated rings. The quantitative estimate of drug-likeness (QED) is 0.717. The second-order valence-corrected chi connectivity index (χ2v) is 7.67. The van der Waals surface area contributed by atoms with Crippen molar-refractivity contribution in [2.24, 2.45) is 0 Å². The van der Waals surface area contributed by atoms with Gasteiger partial charge in [0.25, 0.3) is 0 Å². The monoisotopic (exact) mass is 431 g/mol. The normalized spacial score (nSPS) is 18.3. The van der Waals surface area contributed by atoms with E-state index in [2.05, 4.69) is 11.9 Å². The van der Waals surface area contributed by atoms with E-state index in [-0.39, 0.29) is 12.8 Å². The van der Waals surface area contributed by atoms with Crippen molar-refractivity contribution in [3.8, 4) is 34.5 Å². The highest BCUT2D eigenvalue weighted by Crippen LogP contribution is 2.51. The summed E-state index contributed by atoms with van der Waals surface area (Å²) in [6.07, 6.45) is 0.565. The van der Waals surface area contributed by atoms with E-state index in [9.17, 15) is 5.11 Å². The Hall–Kier alpha value is -2.84. The van der Waals surface area contributed by atoms with E-state index < -0.39 is 6.10 Å². The summed E-state index contributed by atoms with van der Waals surface area (Å²) < 4.78 is 33.3. The molecule has 0 saturated heterocycles. The third kappa shape index (κ3) is 3.70. The summed E-state index contributed by atoms with van der Waals surface area (Å²) in [6.45, 7) is 1.05. The first-order valence-electron chi connectivity index (χ1n) is 10.2. The Labute approximate surface area is 182 Å². The molecule has 31 heavy (non-hydrogen) atoms. The number of aliphatic hydroxyl groups is 1. The first-order valence-corrected chi connectivity index (χ1v) is 10.2. The lowest BCUT2D eigenvalue weighted by Gasteiger charge is -2.37. The SMILES string of the molecule is COc1cc([C@H](O)C[C@@H]2c3c(cc4c(c3OC)OCO4)CCN2C)cc(OC)c1OC. The van der Waals surface area contributed by atoms with Crippen molar-refractivity contribution >= 4 is 0 Å². The van der Waals surface area contributed by atoms with Gasteiger partial charge in [0.15, 0.2) is 23.0 Å². The molecule has 2 aliphatic rings. The largest absolute Gasteiger partial charge is 0.493 e. The van der Waals surface area contributed by atoms with Gasteiger partial charge < -0.3 is 33.5 Å². The van der Waals surface area contributed by atoms with Crippen LogP contribution in [0.15, 0.2) is 18.2 Å². The van der Waals surface area contributed by atoms with Crippen LogP contribution in [-0.2, 0) is 6.42 Å². The number of fused-ring (bicyclic) bond motifs is 2. The fraction of sp³-hybridized carbons (Fsp3) is 0.478. The van der Waals surface area contributed by atoms with E-state index >= 15 is 0 Å². The Bertz CT molecular complexity index is 936. The minimum absolute atomic E-state index is 0.0673. The molecule has 4 rings (SSSR count). The lowest BCUT2D eigenvalue weighted by molar-refractivity contribution is 0.107. The van der Waals surface area contributed by atoms with Gasteiger partial charge in [-0.2, -0.15) is 0 Å². The van der Waals surface area contributed by atoms with Crippen LogP contribution in [0.4, 0.5) is 0 Å². The van der Waals surface area contributed by atoms with Crippen molar-refractivity contribution in [2.45, 2.75) is 25.0 Å². The zero-order chi connectivity index (χ0) is 22.1. The Kier molecular flexibility index (Phi) is 6.02. The number of likely N-dealkylation sites (N-methyl/N-ethyl adjacent to an activating group) is 1. The number of methoxy groups -OCH3 is 4. The van der Waals surface area contributed by atoms with E-state index in [1.165, 1.54) is 0 Å². The van der Waals surface area contributed by atoms with E-state index in [0.717, 1.165) is 24.1 Å². The first kappa shape index (κ1) is 21.4. The molecular weight excluding hydrogens is 402 g/mol. The third-order valence-corrected chi connectivity index (χ3v) is 6.07. The summed E-state index contributed by atoms with van der Waals surface area (Å²) in [5.41, 5.74) is 2.88. The van der Waals surface area contributed by atoms with Crippen LogP contribution < -0.4 is 28.4 Å². The summed E-state index contributed by atoms with van der Waals surface area (Å²) in [6, 6.07) is 5.54. The first-order chi connectivity index (χ1) is 15.0. The van der Waals surface area contributed by atoms with Crippen molar-refractivity contribution in [3.05, 3.63) is 34.9 Å². The average molecular weight is 431 g/mol. The van der Waals surface area contributed by atoms with Crippen molar-refractivity contribution in [3.63, 3.8) is 0 Å². The number of nitrogens with zero attached hydrogens (tertiary/aromatic N) is 1. The molecule has 0 spiro atoms. The van der Waals surface area contributed by atoms with Gasteiger partial charge in [-0.15, -0.1) is 0 Å². The maximum atomic E-state index is 11.2. The maximum Gasteiger partial charge on any atom is 0.231 e. The number of rotatable bonds is 7. The highest BCUT2D eigenvalue weighted by Gasteiger charge is 2.35. The minimum Gasteiger partial charge on any atom is -0.493 e. The van der Waals surface area contributed by atoms with Crippen LogP contribution in [0, 0.1) is 0 Å². The lowest BCUT2D eigenvalue weighted by Crippen LogP contribution is -2.33. The zero-order valence-electron chi connectivity index (χ0n) is 18.6. The van der Waals surface area contributed by atoms with Gasteiger partial charge in [-0.1, -0.05) is 0 Å². The van der Waals surface area contributed by atoms with Crippen LogP contribution in [0.25, 0.3) is 0 Å². The van der Waals surface area contributed by atoms with E-state index in [0.29, 0.717) is 46.5 Å². The summed E-state index contributed by atoms with van der Waals surface area (Å²) in [5, 5.41) is 11.2. The molecule has 0 saturated carbocycles. The zero-order valence-corrected chi connectivity index (χ0v) is 18.6. The fourth-order valence-electron chi connectivity index (χ4n) is 4.46. The van der Waals surface area contributed by atoms with Gasteiger partial charge in [0.05, 0.1) is 34.5 Å². The molecule has 1 N–H and O–H groups in total. The Morgan fingerprint density at radius 3 is 2.29 bits per heavy atom. The van der Waals surface area contributed by atoms with Crippen LogP contribution in [0.5, 0.6) is 34.5 Å². The summed E-state index contributed by atoms with van der Waals surface area (Å²) in [7, 11) is 8.37. The average Bonchev–Trinajstić information content (AvgIpc) is 3.26. The Balaban J connectivity index is 1.71. The predicted molar refractivity (Wildman–Crippen MR) is 114 cm³/mol. The molecule has 2 heterocycles. The minimum atomic E-state index is -0.762. The molecule has 2 aromatic carbocycles. The van der Waals surface area contributed by atoms with E-state index in [4.69, 9.17) is 28.4 Å². The van der Waals surface area contributed by atoms with Crippen LogP contribution in [-0.4, -0.2) is 58.8 Å². The number of aliphatic hydroxyl groups excluding tert-OH is 1. The Morgan fingerprint density at radius 1 is 1.00 bits per heavy atom. The van der Waals surface area contributed by atoms with Crippen LogP contribution in [0.3, 0.4) is 0 Å². The number of hydrogen-bond donors (Lipinski definition) is 1. The molecule has 2 aromatic rings. The summed E-state index contributed by atoms with van der Waals surface area (Å²) in [5.74, 6) is 3.53. The van der Waals surface area contributed by atoms with Crippen molar-refractivity contribution in [1.82, 2.24) is 4.90 Å². The smallest absolute Gasteiger partial charge is 0.231 e. The van der Waals surface area contributed by atoms with Crippen LogP contribution >= 0.6 is 0 Å².